The molecule has 7 nitrogen and oxygen atoms in total. The van der Waals surface area contributed by atoms with Crippen LogP contribution < -0.4 is 10.1 Å². The molecule has 2 heterocycles. The number of carbonyl (C=O) groups excluding carboxylic acids is 1. The minimum Gasteiger partial charge on any atom is -0.487 e. The van der Waals surface area contributed by atoms with Crippen molar-refractivity contribution >= 4 is 17.5 Å². The fourth-order valence-electron chi connectivity index (χ4n) is 2.61. The highest BCUT2D eigenvalue weighted by Gasteiger charge is 2.21. The maximum Gasteiger partial charge on any atom is 0.274 e. The third kappa shape index (κ3) is 4.31. The molecule has 0 bridgehead atoms. The zero-order valence-electron chi connectivity index (χ0n) is 15.5. The van der Waals surface area contributed by atoms with Crippen LogP contribution in [0.5, 0.6) is 5.75 Å². The lowest BCUT2D eigenvalue weighted by molar-refractivity contribution is 0.0939. The molecule has 0 atom stereocenters. The number of aromatic nitrogens is 3. The number of rotatable bonds is 7. The summed E-state index contributed by atoms with van der Waals surface area (Å²) < 4.78 is 12.8. The van der Waals surface area contributed by atoms with Crippen LogP contribution in [0.25, 0.3) is 0 Å². The molecule has 0 aliphatic heterocycles. The van der Waals surface area contributed by atoms with E-state index in [-0.39, 0.29) is 18.2 Å². The second-order valence-electron chi connectivity index (χ2n) is 6.06. The molecule has 0 radical (unpaired) electrons. The number of nitrogens with one attached hydrogen (secondary N) is 1. The van der Waals surface area contributed by atoms with E-state index in [1.807, 2.05) is 36.9 Å². The molecule has 142 valence electrons. The van der Waals surface area contributed by atoms with Crippen molar-refractivity contribution in [2.24, 2.45) is 0 Å². The van der Waals surface area contributed by atoms with E-state index >= 15 is 0 Å². The Balaban J connectivity index is 1.68. The van der Waals surface area contributed by atoms with Gasteiger partial charge in [0.2, 0.25) is 0 Å². The van der Waals surface area contributed by atoms with E-state index in [9.17, 15) is 4.79 Å². The Labute approximate surface area is 162 Å². The normalized spacial score (nSPS) is 10.8. The fraction of sp³-hybridized carbons (Fsp3) is 0.316. The zero-order valence-corrected chi connectivity index (χ0v) is 16.2. The summed E-state index contributed by atoms with van der Waals surface area (Å²) in [6.07, 6.45) is 1.92. The van der Waals surface area contributed by atoms with Crippen LogP contribution in [-0.4, -0.2) is 20.8 Å². The summed E-state index contributed by atoms with van der Waals surface area (Å²) in [6.45, 7) is 6.94. The molecule has 0 aliphatic rings. The van der Waals surface area contributed by atoms with Gasteiger partial charge in [-0.3, -0.25) is 9.48 Å². The van der Waals surface area contributed by atoms with Gasteiger partial charge in [0.15, 0.2) is 5.69 Å². The summed E-state index contributed by atoms with van der Waals surface area (Å²) in [6, 6.07) is 7.15. The van der Waals surface area contributed by atoms with Crippen molar-refractivity contribution in [1.82, 2.24) is 20.3 Å². The lowest BCUT2D eigenvalue weighted by atomic mass is 10.2. The Morgan fingerprint density at radius 3 is 2.81 bits per heavy atom. The van der Waals surface area contributed by atoms with Gasteiger partial charge >= 0.3 is 0 Å². The Bertz CT molecular complexity index is 948. The van der Waals surface area contributed by atoms with Gasteiger partial charge in [0, 0.05) is 24.8 Å². The Morgan fingerprint density at radius 1 is 1.33 bits per heavy atom. The van der Waals surface area contributed by atoms with Gasteiger partial charge in [0.25, 0.3) is 5.91 Å². The summed E-state index contributed by atoms with van der Waals surface area (Å²) in [5, 5.41) is 11.6. The quantitative estimate of drug-likeness (QED) is 0.667. The molecule has 2 aromatic heterocycles. The second kappa shape index (κ2) is 8.26. The number of para-hydroxylation sites is 1. The van der Waals surface area contributed by atoms with Gasteiger partial charge < -0.3 is 14.6 Å². The molecule has 0 saturated carbocycles. The van der Waals surface area contributed by atoms with Crippen molar-refractivity contribution in [2.45, 2.75) is 40.5 Å². The highest BCUT2D eigenvalue weighted by atomic mass is 35.5. The monoisotopic (exact) mass is 388 g/mol. The molecule has 0 spiro atoms. The third-order valence-electron chi connectivity index (χ3n) is 4.22. The van der Waals surface area contributed by atoms with Crippen molar-refractivity contribution in [3.63, 3.8) is 0 Å². The first-order valence-electron chi connectivity index (χ1n) is 8.63. The topological polar surface area (TPSA) is 82.2 Å². The van der Waals surface area contributed by atoms with Crippen LogP contribution in [0.2, 0.25) is 5.02 Å². The van der Waals surface area contributed by atoms with Crippen LogP contribution in [0, 0.1) is 13.8 Å². The van der Waals surface area contributed by atoms with Crippen molar-refractivity contribution in [2.75, 3.05) is 0 Å². The minimum atomic E-state index is -0.326. The number of ether oxygens (including phenoxy) is 1. The van der Waals surface area contributed by atoms with E-state index in [1.165, 1.54) is 0 Å². The molecule has 1 aromatic carbocycles. The summed E-state index contributed by atoms with van der Waals surface area (Å²) in [5.74, 6) is 0.740. The minimum absolute atomic E-state index is 0.134. The zero-order chi connectivity index (χ0) is 19.4. The SMILES string of the molecule is CCn1cc(CNC(=O)c2noc(C)c2COc2ccccc2Cl)c(C)n1. The van der Waals surface area contributed by atoms with Crippen molar-refractivity contribution in [3.8, 4) is 5.75 Å². The standard InChI is InChI=1S/C19H21ClN4O3/c1-4-24-10-14(12(2)22-24)9-21-19(25)18-15(13(3)27-23-18)11-26-17-8-6-5-7-16(17)20/h5-8,10H,4,9,11H2,1-3H3,(H,21,25). The van der Waals surface area contributed by atoms with Crippen LogP contribution in [-0.2, 0) is 19.7 Å². The first kappa shape index (κ1) is 19.0. The Hall–Kier alpha value is -2.80. The molecule has 1 N–H and O–H groups in total. The molecule has 1 amide bonds. The highest BCUT2D eigenvalue weighted by molar-refractivity contribution is 6.32. The summed E-state index contributed by atoms with van der Waals surface area (Å²) in [4.78, 5) is 12.6. The first-order chi connectivity index (χ1) is 13.0. The van der Waals surface area contributed by atoms with E-state index in [4.69, 9.17) is 20.9 Å². The predicted molar refractivity (Wildman–Crippen MR) is 101 cm³/mol. The molecule has 0 aliphatic carbocycles. The molecule has 3 rings (SSSR count). The number of aryl methyl sites for hydroxylation is 3. The molecule has 0 fully saturated rings. The molecule has 0 saturated heterocycles. The van der Waals surface area contributed by atoms with Crippen molar-refractivity contribution in [1.29, 1.82) is 0 Å². The third-order valence-corrected chi connectivity index (χ3v) is 4.53. The van der Waals surface area contributed by atoms with Gasteiger partial charge in [-0.05, 0) is 32.9 Å². The van der Waals surface area contributed by atoms with Gasteiger partial charge in [-0.25, -0.2) is 0 Å². The van der Waals surface area contributed by atoms with E-state index in [2.05, 4.69) is 15.6 Å². The summed E-state index contributed by atoms with van der Waals surface area (Å²) in [5.41, 5.74) is 2.64. The number of hydrogen-bond acceptors (Lipinski definition) is 5. The van der Waals surface area contributed by atoms with E-state index in [1.54, 1.807) is 19.1 Å². The van der Waals surface area contributed by atoms with Gasteiger partial charge in [0.1, 0.15) is 18.1 Å². The van der Waals surface area contributed by atoms with Gasteiger partial charge in [-0.15, -0.1) is 0 Å². The number of hydrogen-bond donors (Lipinski definition) is 1. The number of halogens is 1. The van der Waals surface area contributed by atoms with Gasteiger partial charge in [-0.2, -0.15) is 5.10 Å². The molecule has 8 heteroatoms. The van der Waals surface area contributed by atoms with Crippen LogP contribution in [0.3, 0.4) is 0 Å². The molecule has 27 heavy (non-hydrogen) atoms. The van der Waals surface area contributed by atoms with Gasteiger partial charge in [-0.1, -0.05) is 28.9 Å². The number of nitrogens with zero attached hydrogens (tertiary/aromatic N) is 3. The van der Waals surface area contributed by atoms with Crippen LogP contribution in [0.1, 0.15) is 40.0 Å². The van der Waals surface area contributed by atoms with Crippen molar-refractivity contribution < 1.29 is 14.1 Å². The van der Waals surface area contributed by atoms with Crippen LogP contribution in [0.15, 0.2) is 35.0 Å². The lowest BCUT2D eigenvalue weighted by Gasteiger charge is -2.08. The first-order valence-corrected chi connectivity index (χ1v) is 9.01. The van der Waals surface area contributed by atoms with Crippen LogP contribution >= 0.6 is 11.6 Å². The predicted octanol–water partition coefficient (Wildman–Crippen LogP) is 3.67. The van der Waals surface area contributed by atoms with Crippen molar-refractivity contribution in [3.05, 3.63) is 63.8 Å². The average molecular weight is 389 g/mol. The Morgan fingerprint density at radius 2 is 2.11 bits per heavy atom. The molecular formula is C19H21ClN4O3. The van der Waals surface area contributed by atoms with Gasteiger partial charge in [0.05, 0.1) is 16.3 Å². The number of amides is 1. The smallest absolute Gasteiger partial charge is 0.274 e. The highest BCUT2D eigenvalue weighted by Crippen LogP contribution is 2.25. The molecular weight excluding hydrogens is 368 g/mol. The van der Waals surface area contributed by atoms with Crippen LogP contribution in [0.4, 0.5) is 0 Å². The van der Waals surface area contributed by atoms with E-state index in [0.29, 0.717) is 28.6 Å². The number of benzene rings is 1. The maximum atomic E-state index is 12.6. The fourth-order valence-corrected chi connectivity index (χ4v) is 2.80. The average Bonchev–Trinajstić information content (AvgIpc) is 3.21. The summed E-state index contributed by atoms with van der Waals surface area (Å²) >= 11 is 6.10. The maximum absolute atomic E-state index is 12.6. The Kier molecular flexibility index (Phi) is 5.81. The van der Waals surface area contributed by atoms with E-state index in [0.717, 1.165) is 17.8 Å². The number of carbonyl (C=O) groups is 1. The lowest BCUT2D eigenvalue weighted by Crippen LogP contribution is -2.24. The largest absolute Gasteiger partial charge is 0.487 e. The van der Waals surface area contributed by atoms with E-state index < -0.39 is 0 Å². The summed E-state index contributed by atoms with van der Waals surface area (Å²) in [7, 11) is 0. The molecule has 0 unspecified atom stereocenters. The second-order valence-corrected chi connectivity index (χ2v) is 6.47. The molecule has 3 aromatic rings.